The van der Waals surface area contributed by atoms with Crippen LogP contribution in [0.4, 0.5) is 0 Å². The van der Waals surface area contributed by atoms with E-state index in [0.717, 1.165) is 38.6 Å². The van der Waals surface area contributed by atoms with Gasteiger partial charge in [0.25, 0.3) is 0 Å². The number of rotatable bonds is 8. The van der Waals surface area contributed by atoms with E-state index in [1.54, 1.807) is 0 Å². The van der Waals surface area contributed by atoms with Crippen molar-refractivity contribution in [3.8, 4) is 0 Å². The Labute approximate surface area is 165 Å². The van der Waals surface area contributed by atoms with Crippen molar-refractivity contribution in [3.63, 3.8) is 0 Å². The fourth-order valence-electron chi connectivity index (χ4n) is 5.35. The standard InChI is InChI=1S/C24H36N2O/c1-19(2)22-10-11-24(12-15-27,18-25-3)16-23(22)21-8-6-20(7-9-21)17-26-13-4-5-14-26/h6-9,15,22-23,25H,1,4-5,10-14,16-18H2,2-3H3/t22-,23-,24+/m0/s1. The molecule has 2 fully saturated rings. The summed E-state index contributed by atoms with van der Waals surface area (Å²) in [6, 6.07) is 9.30. The molecule has 1 heterocycles. The van der Waals surface area contributed by atoms with Crippen molar-refractivity contribution in [3.05, 3.63) is 47.5 Å². The van der Waals surface area contributed by atoms with Gasteiger partial charge >= 0.3 is 0 Å². The third kappa shape index (κ3) is 4.89. The van der Waals surface area contributed by atoms with Crippen LogP contribution in [0, 0.1) is 11.3 Å². The molecule has 1 N–H and O–H groups in total. The third-order valence-corrected chi connectivity index (χ3v) is 6.84. The monoisotopic (exact) mass is 368 g/mol. The number of nitrogens with one attached hydrogen (secondary N) is 1. The summed E-state index contributed by atoms with van der Waals surface area (Å²) in [6.45, 7) is 10.9. The van der Waals surface area contributed by atoms with Gasteiger partial charge in [-0.15, -0.1) is 0 Å². The highest BCUT2D eigenvalue weighted by Gasteiger charge is 2.41. The predicted octanol–water partition coefficient (Wildman–Crippen LogP) is 4.54. The largest absolute Gasteiger partial charge is 0.319 e. The summed E-state index contributed by atoms with van der Waals surface area (Å²) < 4.78 is 0. The van der Waals surface area contributed by atoms with Crippen LogP contribution < -0.4 is 5.32 Å². The van der Waals surface area contributed by atoms with Gasteiger partial charge in [-0.05, 0) is 87.5 Å². The molecule has 1 saturated heterocycles. The predicted molar refractivity (Wildman–Crippen MR) is 113 cm³/mol. The average molecular weight is 369 g/mol. The first-order valence-electron chi connectivity index (χ1n) is 10.6. The van der Waals surface area contributed by atoms with Gasteiger partial charge in [0.1, 0.15) is 6.29 Å². The molecule has 0 unspecified atom stereocenters. The number of carbonyl (C=O) groups is 1. The topological polar surface area (TPSA) is 32.3 Å². The van der Waals surface area contributed by atoms with E-state index in [0.29, 0.717) is 18.3 Å². The van der Waals surface area contributed by atoms with Crippen molar-refractivity contribution >= 4 is 6.29 Å². The van der Waals surface area contributed by atoms with Crippen molar-refractivity contribution in [2.24, 2.45) is 11.3 Å². The molecule has 148 valence electrons. The van der Waals surface area contributed by atoms with Gasteiger partial charge in [-0.25, -0.2) is 0 Å². The minimum Gasteiger partial charge on any atom is -0.319 e. The van der Waals surface area contributed by atoms with Crippen LogP contribution in [0.1, 0.15) is 62.5 Å². The van der Waals surface area contributed by atoms with Crippen LogP contribution in [0.3, 0.4) is 0 Å². The van der Waals surface area contributed by atoms with E-state index < -0.39 is 0 Å². The maximum absolute atomic E-state index is 11.4. The third-order valence-electron chi connectivity index (χ3n) is 6.84. The number of aldehydes is 1. The summed E-state index contributed by atoms with van der Waals surface area (Å²) in [5, 5.41) is 3.34. The molecule has 0 bridgehead atoms. The van der Waals surface area contributed by atoms with Gasteiger partial charge in [0.15, 0.2) is 0 Å². The Hall–Kier alpha value is -1.45. The molecule has 1 aromatic carbocycles. The highest BCUT2D eigenvalue weighted by Crippen LogP contribution is 2.50. The Balaban J connectivity index is 1.78. The van der Waals surface area contributed by atoms with Crippen LogP contribution in [0.25, 0.3) is 0 Å². The van der Waals surface area contributed by atoms with Gasteiger partial charge in [-0.1, -0.05) is 36.4 Å². The summed E-state index contributed by atoms with van der Waals surface area (Å²) in [5.74, 6) is 0.983. The van der Waals surface area contributed by atoms with Crippen LogP contribution in [0.2, 0.25) is 0 Å². The first-order chi connectivity index (χ1) is 13.1. The second kappa shape index (κ2) is 9.16. The highest BCUT2D eigenvalue weighted by molar-refractivity contribution is 5.51. The molecule has 3 rings (SSSR count). The molecule has 0 amide bonds. The number of nitrogens with zero attached hydrogens (tertiary/aromatic N) is 1. The van der Waals surface area contributed by atoms with Crippen molar-refractivity contribution < 1.29 is 4.79 Å². The molecule has 1 aromatic rings. The van der Waals surface area contributed by atoms with Gasteiger partial charge in [0.05, 0.1) is 0 Å². The summed E-state index contributed by atoms with van der Waals surface area (Å²) in [6.07, 6.45) is 7.75. The molecule has 0 spiro atoms. The molecule has 1 saturated carbocycles. The number of hydrogen-bond acceptors (Lipinski definition) is 3. The van der Waals surface area contributed by atoms with E-state index >= 15 is 0 Å². The van der Waals surface area contributed by atoms with Gasteiger partial charge < -0.3 is 10.1 Å². The Morgan fingerprint density at radius 3 is 2.59 bits per heavy atom. The van der Waals surface area contributed by atoms with E-state index in [4.69, 9.17) is 0 Å². The van der Waals surface area contributed by atoms with Crippen LogP contribution in [-0.4, -0.2) is 37.9 Å². The molecule has 3 nitrogen and oxygen atoms in total. The zero-order valence-corrected chi connectivity index (χ0v) is 17.2. The maximum atomic E-state index is 11.4. The fraction of sp³-hybridized carbons (Fsp3) is 0.625. The molecule has 1 aliphatic heterocycles. The lowest BCUT2D eigenvalue weighted by Crippen LogP contribution is -2.40. The maximum Gasteiger partial charge on any atom is 0.120 e. The highest BCUT2D eigenvalue weighted by atomic mass is 16.1. The number of hydrogen-bond donors (Lipinski definition) is 1. The van der Waals surface area contributed by atoms with E-state index in [1.165, 1.54) is 42.6 Å². The molecule has 0 radical (unpaired) electrons. The summed E-state index contributed by atoms with van der Waals surface area (Å²) in [4.78, 5) is 13.9. The molecule has 1 aliphatic carbocycles. The zero-order chi connectivity index (χ0) is 19.3. The first kappa shape index (κ1) is 20.3. The van der Waals surface area contributed by atoms with Crippen LogP contribution in [0.15, 0.2) is 36.4 Å². The number of carbonyl (C=O) groups excluding carboxylic acids is 1. The Morgan fingerprint density at radius 1 is 1.30 bits per heavy atom. The van der Waals surface area contributed by atoms with E-state index in [1.807, 2.05) is 7.05 Å². The smallest absolute Gasteiger partial charge is 0.120 e. The van der Waals surface area contributed by atoms with Crippen molar-refractivity contribution in [1.82, 2.24) is 10.2 Å². The lowest BCUT2D eigenvalue weighted by Gasteiger charge is -2.45. The average Bonchev–Trinajstić information content (AvgIpc) is 3.15. The van der Waals surface area contributed by atoms with Gasteiger partial charge in [0.2, 0.25) is 0 Å². The fourth-order valence-corrected chi connectivity index (χ4v) is 5.35. The SMILES string of the molecule is C=C(C)[C@@H]1CC[C@](CC=O)(CNC)C[C@H]1c1ccc(CN2CCCC2)cc1. The molecular weight excluding hydrogens is 332 g/mol. The Morgan fingerprint density at radius 2 is 2.00 bits per heavy atom. The van der Waals surface area contributed by atoms with Crippen molar-refractivity contribution in [2.45, 2.75) is 57.9 Å². The second-order valence-corrected chi connectivity index (χ2v) is 8.93. The first-order valence-corrected chi connectivity index (χ1v) is 10.6. The minimum absolute atomic E-state index is 0.0847. The lowest BCUT2D eigenvalue weighted by molar-refractivity contribution is -0.110. The molecule has 0 aromatic heterocycles. The van der Waals surface area contributed by atoms with Crippen LogP contribution in [-0.2, 0) is 11.3 Å². The molecule has 2 aliphatic rings. The van der Waals surface area contributed by atoms with E-state index in [9.17, 15) is 4.79 Å². The van der Waals surface area contributed by atoms with Crippen molar-refractivity contribution in [1.29, 1.82) is 0 Å². The van der Waals surface area contributed by atoms with Crippen molar-refractivity contribution in [2.75, 3.05) is 26.7 Å². The summed E-state index contributed by atoms with van der Waals surface area (Å²) in [5.41, 5.74) is 4.20. The molecule has 3 atom stereocenters. The summed E-state index contributed by atoms with van der Waals surface area (Å²) >= 11 is 0. The van der Waals surface area contributed by atoms with Gasteiger partial charge in [0, 0.05) is 19.5 Å². The minimum atomic E-state index is 0.0847. The number of allylic oxidation sites excluding steroid dienone is 1. The van der Waals surface area contributed by atoms with Gasteiger partial charge in [-0.3, -0.25) is 4.90 Å². The number of likely N-dealkylation sites (tertiary alicyclic amines) is 1. The Bertz CT molecular complexity index is 632. The molecule has 27 heavy (non-hydrogen) atoms. The molecular formula is C24H36N2O. The quantitative estimate of drug-likeness (QED) is 0.540. The Kier molecular flexibility index (Phi) is 6.88. The molecule has 3 heteroatoms. The van der Waals surface area contributed by atoms with Crippen LogP contribution in [0.5, 0.6) is 0 Å². The second-order valence-electron chi connectivity index (χ2n) is 8.93. The zero-order valence-electron chi connectivity index (χ0n) is 17.2. The van der Waals surface area contributed by atoms with Crippen LogP contribution >= 0.6 is 0 Å². The normalized spacial score (nSPS) is 29.0. The van der Waals surface area contributed by atoms with E-state index in [-0.39, 0.29) is 5.41 Å². The lowest BCUT2D eigenvalue weighted by atomic mass is 9.61. The summed E-state index contributed by atoms with van der Waals surface area (Å²) in [7, 11) is 2.00. The number of benzene rings is 1. The van der Waals surface area contributed by atoms with Gasteiger partial charge in [-0.2, -0.15) is 0 Å². The van der Waals surface area contributed by atoms with E-state index in [2.05, 4.69) is 48.0 Å².